The van der Waals surface area contributed by atoms with Gasteiger partial charge in [0.15, 0.2) is 0 Å². The number of methoxy groups -OCH3 is 1. The molecule has 0 saturated carbocycles. The molecule has 0 bridgehead atoms. The topological polar surface area (TPSA) is 90.6 Å². The molecular formula is C17H19BN4O3. The van der Waals surface area contributed by atoms with Crippen molar-refractivity contribution in [1.82, 2.24) is 4.98 Å². The minimum absolute atomic E-state index is 0.387. The van der Waals surface area contributed by atoms with Gasteiger partial charge in [-0.05, 0) is 35.3 Å². The van der Waals surface area contributed by atoms with Gasteiger partial charge in [-0.25, -0.2) is 4.98 Å². The Balaban J connectivity index is 1.82. The van der Waals surface area contributed by atoms with Crippen molar-refractivity contribution in [2.24, 2.45) is 0 Å². The predicted octanol–water partition coefficient (Wildman–Crippen LogP) is 0.997. The number of benzene rings is 1. The third-order valence-corrected chi connectivity index (χ3v) is 4.07. The average Bonchev–Trinajstić information content (AvgIpc) is 3.00. The zero-order valence-corrected chi connectivity index (χ0v) is 14.2. The molecule has 128 valence electrons. The summed E-state index contributed by atoms with van der Waals surface area (Å²) in [5.74, 6) is 1.24. The Kier molecular flexibility index (Phi) is 5.19. The van der Waals surface area contributed by atoms with Crippen LogP contribution in [0.3, 0.4) is 0 Å². The van der Waals surface area contributed by atoms with Crippen LogP contribution in [0.5, 0.6) is 0 Å². The summed E-state index contributed by atoms with van der Waals surface area (Å²) < 4.78 is 10.3. The van der Waals surface area contributed by atoms with Gasteiger partial charge in [-0.15, -0.1) is 0 Å². The number of rotatable bonds is 6. The van der Waals surface area contributed by atoms with Gasteiger partial charge in [-0.3, -0.25) is 0 Å². The summed E-state index contributed by atoms with van der Waals surface area (Å²) in [6.45, 7) is 1.57. The molecule has 1 aliphatic heterocycles. The van der Waals surface area contributed by atoms with Gasteiger partial charge < -0.3 is 24.6 Å². The molecule has 25 heavy (non-hydrogen) atoms. The van der Waals surface area contributed by atoms with Crippen LogP contribution in [-0.4, -0.2) is 44.4 Å². The molecule has 1 aliphatic rings. The van der Waals surface area contributed by atoms with Crippen molar-refractivity contribution >= 4 is 29.9 Å². The lowest BCUT2D eigenvalue weighted by atomic mass is 9.79. The number of anilines is 3. The van der Waals surface area contributed by atoms with E-state index in [-0.39, 0.29) is 0 Å². The summed E-state index contributed by atoms with van der Waals surface area (Å²) >= 11 is 0. The Morgan fingerprint density at radius 2 is 2.28 bits per heavy atom. The molecule has 0 radical (unpaired) electrons. The monoisotopic (exact) mass is 338 g/mol. The van der Waals surface area contributed by atoms with Crippen LogP contribution in [0.15, 0.2) is 30.3 Å². The molecule has 2 N–H and O–H groups in total. The standard InChI is InChI=1S/C17H19BN4O3/c1-22(7-8-24-2)17-12(10-19)3-6-16(21-17)20-14-4-5-15-13(9-14)11-25-18(15)23/h3-6,9,23H,7-8,11H2,1-2H3,(H,20,21). The van der Waals surface area contributed by atoms with E-state index in [0.717, 1.165) is 16.7 Å². The second kappa shape index (κ2) is 7.53. The molecule has 2 heterocycles. The van der Waals surface area contributed by atoms with Crippen molar-refractivity contribution < 1.29 is 14.4 Å². The van der Waals surface area contributed by atoms with Gasteiger partial charge in [0.25, 0.3) is 0 Å². The van der Waals surface area contributed by atoms with E-state index in [1.54, 1.807) is 19.2 Å². The summed E-state index contributed by atoms with van der Waals surface area (Å²) in [6.07, 6.45) is 0. The maximum atomic E-state index is 9.69. The van der Waals surface area contributed by atoms with Crippen LogP contribution >= 0.6 is 0 Å². The van der Waals surface area contributed by atoms with Crippen LogP contribution in [0, 0.1) is 11.3 Å². The van der Waals surface area contributed by atoms with E-state index in [1.165, 1.54) is 0 Å². The van der Waals surface area contributed by atoms with Crippen molar-refractivity contribution in [3.05, 3.63) is 41.5 Å². The van der Waals surface area contributed by atoms with Crippen LogP contribution in [-0.2, 0) is 16.0 Å². The van der Waals surface area contributed by atoms with Gasteiger partial charge in [0.1, 0.15) is 17.7 Å². The van der Waals surface area contributed by atoms with E-state index in [9.17, 15) is 10.3 Å². The molecule has 1 aromatic carbocycles. The number of nitrogens with zero attached hydrogens (tertiary/aromatic N) is 3. The summed E-state index contributed by atoms with van der Waals surface area (Å²) in [7, 11) is 2.66. The van der Waals surface area contributed by atoms with Crippen molar-refractivity contribution in [2.75, 3.05) is 37.5 Å². The van der Waals surface area contributed by atoms with Gasteiger partial charge in [-0.1, -0.05) is 6.07 Å². The van der Waals surface area contributed by atoms with Crippen molar-refractivity contribution in [3.63, 3.8) is 0 Å². The Bertz CT molecular complexity index is 809. The summed E-state index contributed by atoms with van der Waals surface area (Å²) in [6, 6.07) is 11.3. The highest BCUT2D eigenvalue weighted by molar-refractivity contribution is 6.61. The number of fused-ring (bicyclic) bond motifs is 1. The lowest BCUT2D eigenvalue weighted by Gasteiger charge is -2.19. The van der Waals surface area contributed by atoms with E-state index < -0.39 is 7.12 Å². The molecule has 0 atom stereocenters. The zero-order valence-electron chi connectivity index (χ0n) is 14.2. The lowest BCUT2D eigenvalue weighted by molar-refractivity contribution is 0.206. The smallest absolute Gasteiger partial charge is 0.423 e. The number of hydrogen-bond acceptors (Lipinski definition) is 7. The zero-order chi connectivity index (χ0) is 17.8. The van der Waals surface area contributed by atoms with E-state index >= 15 is 0 Å². The fourth-order valence-corrected chi connectivity index (χ4v) is 2.69. The Morgan fingerprint density at radius 1 is 1.44 bits per heavy atom. The second-order valence-corrected chi connectivity index (χ2v) is 5.80. The molecule has 3 rings (SSSR count). The first kappa shape index (κ1) is 17.2. The van der Waals surface area contributed by atoms with Crippen molar-refractivity contribution in [2.45, 2.75) is 6.61 Å². The molecule has 1 aromatic heterocycles. The molecule has 0 fully saturated rings. The third-order valence-electron chi connectivity index (χ3n) is 4.07. The maximum absolute atomic E-state index is 9.69. The first-order chi connectivity index (χ1) is 12.1. The fourth-order valence-electron chi connectivity index (χ4n) is 2.69. The molecule has 0 saturated heterocycles. The number of ether oxygens (including phenoxy) is 1. The molecule has 0 spiro atoms. The number of nitriles is 1. The summed E-state index contributed by atoms with van der Waals surface area (Å²) in [5, 5.41) is 22.2. The molecule has 0 amide bonds. The van der Waals surface area contributed by atoms with E-state index in [4.69, 9.17) is 9.39 Å². The van der Waals surface area contributed by atoms with Crippen molar-refractivity contribution in [3.8, 4) is 6.07 Å². The number of pyridine rings is 1. The highest BCUT2D eigenvalue weighted by Gasteiger charge is 2.27. The maximum Gasteiger partial charge on any atom is 0.491 e. The van der Waals surface area contributed by atoms with Gasteiger partial charge >= 0.3 is 7.12 Å². The van der Waals surface area contributed by atoms with Crippen LogP contribution in [0.25, 0.3) is 0 Å². The fraction of sp³-hybridized carbons (Fsp3) is 0.294. The summed E-state index contributed by atoms with van der Waals surface area (Å²) in [4.78, 5) is 6.45. The highest BCUT2D eigenvalue weighted by Crippen LogP contribution is 2.23. The SMILES string of the molecule is COCCN(C)c1nc(Nc2ccc3c(c2)COB3O)ccc1C#N. The first-order valence-corrected chi connectivity index (χ1v) is 7.93. The molecule has 8 heteroatoms. The number of hydrogen-bond donors (Lipinski definition) is 2. The Labute approximate surface area is 147 Å². The third kappa shape index (κ3) is 3.74. The minimum Gasteiger partial charge on any atom is -0.423 e. The molecule has 7 nitrogen and oxygen atoms in total. The molecule has 0 aliphatic carbocycles. The number of nitrogens with one attached hydrogen (secondary N) is 1. The molecule has 0 unspecified atom stereocenters. The van der Waals surface area contributed by atoms with E-state index in [0.29, 0.717) is 37.0 Å². The van der Waals surface area contributed by atoms with Crippen LogP contribution in [0.1, 0.15) is 11.1 Å². The number of likely N-dealkylation sites (N-methyl/N-ethyl adjacent to an activating group) is 1. The van der Waals surface area contributed by atoms with Gasteiger partial charge in [-0.2, -0.15) is 5.26 Å². The normalized spacial score (nSPS) is 12.6. The quantitative estimate of drug-likeness (QED) is 0.759. The molecule has 2 aromatic rings. The average molecular weight is 338 g/mol. The highest BCUT2D eigenvalue weighted by atomic mass is 16.5. The van der Waals surface area contributed by atoms with E-state index in [2.05, 4.69) is 16.4 Å². The van der Waals surface area contributed by atoms with Crippen LogP contribution < -0.4 is 15.7 Å². The largest absolute Gasteiger partial charge is 0.491 e. The molecular weight excluding hydrogens is 319 g/mol. The van der Waals surface area contributed by atoms with Gasteiger partial charge in [0.2, 0.25) is 0 Å². The Hall–Kier alpha value is -2.60. The van der Waals surface area contributed by atoms with Crippen LogP contribution in [0.4, 0.5) is 17.3 Å². The predicted molar refractivity (Wildman–Crippen MR) is 96.2 cm³/mol. The number of aromatic nitrogens is 1. The first-order valence-electron chi connectivity index (χ1n) is 7.93. The van der Waals surface area contributed by atoms with Crippen LogP contribution in [0.2, 0.25) is 0 Å². The summed E-state index contributed by atoms with van der Waals surface area (Å²) in [5.41, 5.74) is 3.09. The lowest BCUT2D eigenvalue weighted by Crippen LogP contribution is -2.27. The van der Waals surface area contributed by atoms with Crippen molar-refractivity contribution in [1.29, 1.82) is 5.26 Å². The van der Waals surface area contributed by atoms with Gasteiger partial charge in [0, 0.05) is 26.4 Å². The van der Waals surface area contributed by atoms with E-state index in [1.807, 2.05) is 30.1 Å². The Morgan fingerprint density at radius 3 is 3.04 bits per heavy atom. The minimum atomic E-state index is -0.849. The van der Waals surface area contributed by atoms with Gasteiger partial charge in [0.05, 0.1) is 18.8 Å². The second-order valence-electron chi connectivity index (χ2n) is 5.80.